The molecule has 3 nitrogen and oxygen atoms in total. The van der Waals surface area contributed by atoms with Gasteiger partial charge in [-0.1, -0.05) is 11.8 Å². The fraction of sp³-hybridized carbons (Fsp3) is 0.273. The smallest absolute Gasteiger partial charge is 0.119 e. The molecule has 0 atom stereocenters. The molecule has 14 heavy (non-hydrogen) atoms. The highest BCUT2D eigenvalue weighted by Crippen LogP contribution is 2.14. The number of methoxy groups -OCH3 is 1. The molecule has 2 N–H and O–H groups in total. The largest absolute Gasteiger partial charge is 0.497 e. The molecule has 74 valence electrons. The summed E-state index contributed by atoms with van der Waals surface area (Å²) in [5.74, 6) is 6.16. The molecule has 0 spiro atoms. The maximum Gasteiger partial charge on any atom is 0.119 e. The van der Waals surface area contributed by atoms with Crippen LogP contribution in [0.15, 0.2) is 24.3 Å². The predicted octanol–water partition coefficient (Wildman–Crippen LogP) is 1.10. The molecule has 3 heteroatoms. The van der Waals surface area contributed by atoms with Crippen LogP contribution in [0.1, 0.15) is 0 Å². The zero-order valence-corrected chi connectivity index (χ0v) is 8.08. The second-order valence-electron chi connectivity index (χ2n) is 2.59. The van der Waals surface area contributed by atoms with Gasteiger partial charge in [0, 0.05) is 5.69 Å². The molecule has 1 rings (SSSR count). The van der Waals surface area contributed by atoms with Gasteiger partial charge in [-0.2, -0.15) is 0 Å². The first-order chi connectivity index (χ1) is 6.86. The Morgan fingerprint density at radius 1 is 1.29 bits per heavy atom. The minimum absolute atomic E-state index is 0.0930. The molecule has 1 aromatic rings. The van der Waals surface area contributed by atoms with Gasteiger partial charge in [-0.25, -0.2) is 0 Å². The second kappa shape index (κ2) is 5.90. The number of hydrogen-bond acceptors (Lipinski definition) is 3. The van der Waals surface area contributed by atoms with Gasteiger partial charge in [-0.15, -0.1) is 0 Å². The number of aliphatic hydroxyl groups is 1. The number of aliphatic hydroxyl groups excluding tert-OH is 1. The van der Waals surface area contributed by atoms with Crippen molar-refractivity contribution in [2.45, 2.75) is 0 Å². The van der Waals surface area contributed by atoms with E-state index in [1.807, 2.05) is 24.3 Å². The van der Waals surface area contributed by atoms with Gasteiger partial charge in [0.2, 0.25) is 0 Å². The number of nitrogens with one attached hydrogen (secondary N) is 1. The molecule has 0 bridgehead atoms. The van der Waals surface area contributed by atoms with Crippen molar-refractivity contribution in [3.05, 3.63) is 24.3 Å². The Bertz CT molecular complexity index is 321. The van der Waals surface area contributed by atoms with Crippen LogP contribution in [0.3, 0.4) is 0 Å². The van der Waals surface area contributed by atoms with Crippen LogP contribution >= 0.6 is 0 Å². The summed E-state index contributed by atoms with van der Waals surface area (Å²) in [5, 5.41) is 11.5. The minimum atomic E-state index is -0.0930. The van der Waals surface area contributed by atoms with Crippen molar-refractivity contribution in [1.82, 2.24) is 0 Å². The minimum Gasteiger partial charge on any atom is -0.497 e. The third kappa shape index (κ3) is 3.38. The fourth-order valence-electron chi connectivity index (χ4n) is 0.974. The zero-order valence-electron chi connectivity index (χ0n) is 8.08. The molecule has 0 unspecified atom stereocenters. The molecule has 0 aliphatic rings. The van der Waals surface area contributed by atoms with Crippen LogP contribution in [0.4, 0.5) is 5.69 Å². The number of benzene rings is 1. The van der Waals surface area contributed by atoms with E-state index in [-0.39, 0.29) is 6.61 Å². The average Bonchev–Trinajstić information content (AvgIpc) is 2.25. The third-order valence-corrected chi connectivity index (χ3v) is 1.67. The molecule has 0 fully saturated rings. The van der Waals surface area contributed by atoms with Crippen molar-refractivity contribution < 1.29 is 9.84 Å². The van der Waals surface area contributed by atoms with E-state index in [1.54, 1.807) is 7.11 Å². The molecule has 0 aromatic heterocycles. The fourth-order valence-corrected chi connectivity index (χ4v) is 0.974. The standard InChI is InChI=1S/C11H13NO2/c1-14-11-6-4-10(5-7-11)12-8-2-3-9-13/h4-7,12-13H,8-9H2,1H3. The lowest BCUT2D eigenvalue weighted by atomic mass is 10.3. The van der Waals surface area contributed by atoms with Gasteiger partial charge < -0.3 is 15.2 Å². The zero-order chi connectivity index (χ0) is 10.2. The lowest BCUT2D eigenvalue weighted by molar-refractivity contribution is 0.350. The monoisotopic (exact) mass is 191 g/mol. The molecular formula is C11H13NO2. The quantitative estimate of drug-likeness (QED) is 0.703. The Hall–Kier alpha value is -1.66. The Balaban J connectivity index is 2.43. The summed E-state index contributed by atoms with van der Waals surface area (Å²) in [5.41, 5.74) is 0.984. The van der Waals surface area contributed by atoms with Crippen molar-refractivity contribution in [3.63, 3.8) is 0 Å². The molecule has 0 heterocycles. The second-order valence-corrected chi connectivity index (χ2v) is 2.59. The number of rotatable bonds is 3. The lowest BCUT2D eigenvalue weighted by Gasteiger charge is -2.03. The molecule has 1 aromatic carbocycles. The number of hydrogen-bond donors (Lipinski definition) is 2. The Kier molecular flexibility index (Phi) is 4.39. The Morgan fingerprint density at radius 2 is 2.00 bits per heavy atom. The summed E-state index contributed by atoms with van der Waals surface area (Å²) in [4.78, 5) is 0. The molecule has 0 saturated carbocycles. The van der Waals surface area contributed by atoms with E-state index < -0.39 is 0 Å². The van der Waals surface area contributed by atoms with Gasteiger partial charge in [0.05, 0.1) is 13.7 Å². The SMILES string of the molecule is COc1ccc(NCC#CCO)cc1. The first kappa shape index (κ1) is 10.4. The summed E-state index contributed by atoms with van der Waals surface area (Å²) in [6, 6.07) is 7.59. The van der Waals surface area contributed by atoms with Crippen LogP contribution in [-0.2, 0) is 0 Å². The highest BCUT2D eigenvalue weighted by Gasteiger charge is 1.90. The first-order valence-electron chi connectivity index (χ1n) is 4.31. The summed E-state index contributed by atoms with van der Waals surface area (Å²) < 4.78 is 5.02. The molecular weight excluding hydrogens is 178 g/mol. The summed E-state index contributed by atoms with van der Waals surface area (Å²) in [7, 11) is 1.63. The molecule has 0 radical (unpaired) electrons. The van der Waals surface area contributed by atoms with Crippen LogP contribution in [0, 0.1) is 11.8 Å². The van der Waals surface area contributed by atoms with Crippen LogP contribution < -0.4 is 10.1 Å². The molecule has 0 aliphatic carbocycles. The van der Waals surface area contributed by atoms with Crippen molar-refractivity contribution in [1.29, 1.82) is 0 Å². The van der Waals surface area contributed by atoms with Gasteiger partial charge in [0.1, 0.15) is 12.4 Å². The van der Waals surface area contributed by atoms with Gasteiger partial charge in [-0.05, 0) is 24.3 Å². The van der Waals surface area contributed by atoms with Gasteiger partial charge >= 0.3 is 0 Å². The van der Waals surface area contributed by atoms with Crippen molar-refractivity contribution >= 4 is 5.69 Å². The van der Waals surface area contributed by atoms with Crippen LogP contribution in [0.2, 0.25) is 0 Å². The van der Waals surface area contributed by atoms with Crippen molar-refractivity contribution in [2.24, 2.45) is 0 Å². The third-order valence-electron chi connectivity index (χ3n) is 1.67. The molecule has 0 saturated heterocycles. The average molecular weight is 191 g/mol. The van der Waals surface area contributed by atoms with Crippen LogP contribution in [0.25, 0.3) is 0 Å². The lowest BCUT2D eigenvalue weighted by Crippen LogP contribution is -1.98. The van der Waals surface area contributed by atoms with Gasteiger partial charge in [0.25, 0.3) is 0 Å². The molecule has 0 aliphatic heterocycles. The normalized spacial score (nSPS) is 8.71. The van der Waals surface area contributed by atoms with E-state index >= 15 is 0 Å². The van der Waals surface area contributed by atoms with Crippen molar-refractivity contribution in [2.75, 3.05) is 25.6 Å². The Labute approximate surface area is 83.7 Å². The van der Waals surface area contributed by atoms with E-state index in [0.29, 0.717) is 6.54 Å². The van der Waals surface area contributed by atoms with E-state index in [4.69, 9.17) is 9.84 Å². The highest BCUT2D eigenvalue weighted by atomic mass is 16.5. The van der Waals surface area contributed by atoms with Crippen molar-refractivity contribution in [3.8, 4) is 17.6 Å². The molecule has 0 amide bonds. The summed E-state index contributed by atoms with van der Waals surface area (Å²) >= 11 is 0. The Morgan fingerprint density at radius 3 is 2.57 bits per heavy atom. The number of ether oxygens (including phenoxy) is 1. The maximum absolute atomic E-state index is 8.41. The summed E-state index contributed by atoms with van der Waals surface area (Å²) in [6.07, 6.45) is 0. The maximum atomic E-state index is 8.41. The predicted molar refractivity (Wildman–Crippen MR) is 56.3 cm³/mol. The van der Waals surface area contributed by atoms with E-state index in [1.165, 1.54) is 0 Å². The summed E-state index contributed by atoms with van der Waals surface area (Å²) in [6.45, 7) is 0.442. The van der Waals surface area contributed by atoms with Crippen LogP contribution in [-0.4, -0.2) is 25.4 Å². The van der Waals surface area contributed by atoms with E-state index in [2.05, 4.69) is 17.2 Å². The van der Waals surface area contributed by atoms with Gasteiger partial charge in [-0.3, -0.25) is 0 Å². The van der Waals surface area contributed by atoms with Gasteiger partial charge in [0.15, 0.2) is 0 Å². The van der Waals surface area contributed by atoms with E-state index in [0.717, 1.165) is 11.4 Å². The highest BCUT2D eigenvalue weighted by molar-refractivity contribution is 5.47. The number of anilines is 1. The first-order valence-corrected chi connectivity index (χ1v) is 4.31. The van der Waals surface area contributed by atoms with Crippen LogP contribution in [0.5, 0.6) is 5.75 Å². The topological polar surface area (TPSA) is 41.5 Å². The van der Waals surface area contributed by atoms with E-state index in [9.17, 15) is 0 Å².